The Morgan fingerprint density at radius 3 is 2.65 bits per heavy atom. The molecule has 0 aliphatic carbocycles. The largest absolute Gasteiger partial charge is 0.506 e. The highest BCUT2D eigenvalue weighted by atomic mass is 16.5. The molecule has 0 unspecified atom stereocenters. The van der Waals surface area contributed by atoms with Gasteiger partial charge in [-0.1, -0.05) is 18.2 Å². The molecular weight excluding hydrogens is 390 g/mol. The minimum atomic E-state index is -0.436. The number of ketones is 1. The van der Waals surface area contributed by atoms with E-state index in [9.17, 15) is 9.90 Å². The van der Waals surface area contributed by atoms with Crippen molar-refractivity contribution in [1.29, 1.82) is 0 Å². The second-order valence-corrected chi connectivity index (χ2v) is 8.58. The van der Waals surface area contributed by atoms with E-state index in [1.54, 1.807) is 24.3 Å². The van der Waals surface area contributed by atoms with Crippen LogP contribution in [0.25, 0.3) is 12.2 Å². The van der Waals surface area contributed by atoms with Gasteiger partial charge in [0.25, 0.3) is 0 Å². The van der Waals surface area contributed by atoms with Crippen LogP contribution in [0, 0.1) is 0 Å². The first-order valence-electron chi connectivity index (χ1n) is 10.8. The molecule has 0 radical (unpaired) electrons. The molecule has 2 aliphatic rings. The van der Waals surface area contributed by atoms with E-state index in [2.05, 4.69) is 4.90 Å². The van der Waals surface area contributed by atoms with Gasteiger partial charge in [0, 0.05) is 6.54 Å². The Morgan fingerprint density at radius 1 is 1.16 bits per heavy atom. The number of carbonyl (C=O) groups is 1. The summed E-state index contributed by atoms with van der Waals surface area (Å²) in [4.78, 5) is 15.1. The van der Waals surface area contributed by atoms with E-state index >= 15 is 0 Å². The Bertz CT molecular complexity index is 999. The third-order valence-corrected chi connectivity index (χ3v) is 5.65. The van der Waals surface area contributed by atoms with E-state index in [1.165, 1.54) is 32.0 Å². The molecule has 1 N–H and O–H groups in total. The first-order valence-corrected chi connectivity index (χ1v) is 10.8. The fourth-order valence-electron chi connectivity index (χ4n) is 3.88. The van der Waals surface area contributed by atoms with Crippen molar-refractivity contribution < 1.29 is 19.4 Å². The molecule has 0 aromatic heterocycles. The first-order chi connectivity index (χ1) is 14.9. The summed E-state index contributed by atoms with van der Waals surface area (Å²) in [6.07, 6.45) is 9.45. The summed E-state index contributed by atoms with van der Waals surface area (Å²) in [5.41, 5.74) is 1.25. The van der Waals surface area contributed by atoms with Crippen molar-refractivity contribution in [2.24, 2.45) is 0 Å². The standard InChI is InChI=1S/C26H29NO4/c1-26(2)14-13-22-24(31-26)12-10-21(25(22)29)23(28)11-7-19-5-8-20(9-6-19)30-18-17-27-15-3-4-16-27/h5-14,29H,3-4,15-18H2,1-2H3/b11-7+. The molecule has 2 aliphatic heterocycles. The maximum Gasteiger partial charge on any atom is 0.189 e. The van der Waals surface area contributed by atoms with E-state index in [4.69, 9.17) is 9.47 Å². The lowest BCUT2D eigenvalue weighted by molar-refractivity contribution is 0.104. The average Bonchev–Trinajstić information content (AvgIpc) is 3.26. The van der Waals surface area contributed by atoms with Crippen LogP contribution in [0.5, 0.6) is 17.2 Å². The molecule has 5 heteroatoms. The number of carbonyl (C=O) groups excluding carboxylic acids is 1. The highest BCUT2D eigenvalue weighted by Gasteiger charge is 2.25. The Kier molecular flexibility index (Phi) is 6.14. The predicted octanol–water partition coefficient (Wildman–Crippen LogP) is 4.95. The first kappa shape index (κ1) is 21.2. The molecule has 4 rings (SSSR count). The Hall–Kier alpha value is -3.05. The van der Waals surface area contributed by atoms with Crippen molar-refractivity contribution in [1.82, 2.24) is 4.90 Å². The van der Waals surface area contributed by atoms with Gasteiger partial charge in [-0.3, -0.25) is 9.69 Å². The molecule has 5 nitrogen and oxygen atoms in total. The van der Waals surface area contributed by atoms with Crippen LogP contribution in [0.15, 0.2) is 48.6 Å². The lowest BCUT2D eigenvalue weighted by Crippen LogP contribution is -2.27. The van der Waals surface area contributed by atoms with E-state index in [0.717, 1.165) is 17.9 Å². The van der Waals surface area contributed by atoms with E-state index in [-0.39, 0.29) is 17.1 Å². The molecule has 0 saturated carbocycles. The Morgan fingerprint density at radius 2 is 1.90 bits per heavy atom. The topological polar surface area (TPSA) is 59.0 Å². The third kappa shape index (κ3) is 5.17. The number of likely N-dealkylation sites (tertiary alicyclic amines) is 1. The molecule has 31 heavy (non-hydrogen) atoms. The van der Waals surface area contributed by atoms with Crippen molar-refractivity contribution in [3.63, 3.8) is 0 Å². The van der Waals surface area contributed by atoms with E-state index < -0.39 is 5.60 Å². The predicted molar refractivity (Wildman–Crippen MR) is 123 cm³/mol. The molecule has 0 spiro atoms. The molecule has 2 aromatic rings. The molecule has 0 amide bonds. The zero-order valence-corrected chi connectivity index (χ0v) is 18.1. The van der Waals surface area contributed by atoms with Gasteiger partial charge in [-0.05, 0) is 87.8 Å². The van der Waals surface area contributed by atoms with Crippen LogP contribution in [0.4, 0.5) is 0 Å². The van der Waals surface area contributed by atoms with Crippen LogP contribution < -0.4 is 9.47 Å². The van der Waals surface area contributed by atoms with Gasteiger partial charge in [0.15, 0.2) is 5.78 Å². The second-order valence-electron chi connectivity index (χ2n) is 8.58. The number of hydrogen-bond donors (Lipinski definition) is 1. The summed E-state index contributed by atoms with van der Waals surface area (Å²) in [6.45, 7) is 7.85. The highest BCUT2D eigenvalue weighted by molar-refractivity contribution is 6.09. The number of aromatic hydroxyl groups is 1. The number of benzene rings is 2. The van der Waals surface area contributed by atoms with Crippen LogP contribution in [-0.4, -0.2) is 47.6 Å². The summed E-state index contributed by atoms with van der Waals surface area (Å²) < 4.78 is 11.7. The van der Waals surface area contributed by atoms with Crippen molar-refractivity contribution in [3.8, 4) is 17.2 Å². The van der Waals surface area contributed by atoms with Gasteiger partial charge in [0.1, 0.15) is 29.5 Å². The zero-order chi connectivity index (χ0) is 21.8. The van der Waals surface area contributed by atoms with Gasteiger partial charge in [0.2, 0.25) is 0 Å². The van der Waals surface area contributed by atoms with Crippen LogP contribution in [0.1, 0.15) is 48.2 Å². The third-order valence-electron chi connectivity index (χ3n) is 5.65. The molecule has 0 bridgehead atoms. The molecule has 0 atom stereocenters. The van der Waals surface area contributed by atoms with Gasteiger partial charge in [-0.2, -0.15) is 0 Å². The summed E-state index contributed by atoms with van der Waals surface area (Å²) in [7, 11) is 0. The SMILES string of the molecule is CC1(C)C=Cc2c(ccc(C(=O)/C=C/c3ccc(OCCN4CCCC4)cc3)c2O)O1. The van der Waals surface area contributed by atoms with Gasteiger partial charge in [-0.25, -0.2) is 0 Å². The maximum absolute atomic E-state index is 12.6. The fraction of sp³-hybridized carbons (Fsp3) is 0.346. The summed E-state index contributed by atoms with van der Waals surface area (Å²) in [6, 6.07) is 11.0. The fourth-order valence-corrected chi connectivity index (χ4v) is 3.88. The zero-order valence-electron chi connectivity index (χ0n) is 18.1. The monoisotopic (exact) mass is 419 g/mol. The summed E-state index contributed by atoms with van der Waals surface area (Å²) in [5.74, 6) is 1.08. The van der Waals surface area contributed by atoms with Crippen molar-refractivity contribution in [3.05, 3.63) is 65.2 Å². The van der Waals surface area contributed by atoms with Gasteiger partial charge < -0.3 is 14.6 Å². The van der Waals surface area contributed by atoms with Crippen LogP contribution in [0.3, 0.4) is 0 Å². The molecule has 1 fully saturated rings. The summed E-state index contributed by atoms with van der Waals surface area (Å²) in [5, 5.41) is 10.6. The molecule has 2 aromatic carbocycles. The Balaban J connectivity index is 1.37. The van der Waals surface area contributed by atoms with Crippen LogP contribution in [-0.2, 0) is 0 Å². The van der Waals surface area contributed by atoms with Crippen molar-refractivity contribution in [2.75, 3.05) is 26.2 Å². The molecule has 2 heterocycles. The maximum atomic E-state index is 12.6. The van der Waals surface area contributed by atoms with Crippen LogP contribution >= 0.6 is 0 Å². The number of phenols is 1. The number of hydrogen-bond acceptors (Lipinski definition) is 5. The minimum absolute atomic E-state index is 0.0550. The minimum Gasteiger partial charge on any atom is -0.506 e. The smallest absolute Gasteiger partial charge is 0.189 e. The quantitative estimate of drug-likeness (QED) is 0.508. The number of ether oxygens (including phenoxy) is 2. The lowest BCUT2D eigenvalue weighted by atomic mass is 9.98. The molecule has 1 saturated heterocycles. The number of phenolic OH excluding ortho intramolecular Hbond substituents is 1. The normalized spacial score (nSPS) is 17.5. The molecular formula is C26H29NO4. The lowest BCUT2D eigenvalue weighted by Gasteiger charge is -2.28. The number of fused-ring (bicyclic) bond motifs is 1. The van der Waals surface area contributed by atoms with Gasteiger partial charge in [-0.15, -0.1) is 0 Å². The Labute approximate surface area is 183 Å². The van der Waals surface area contributed by atoms with Crippen molar-refractivity contribution in [2.45, 2.75) is 32.3 Å². The molecule has 162 valence electrons. The number of nitrogens with zero attached hydrogens (tertiary/aromatic N) is 1. The second kappa shape index (κ2) is 8.98. The van der Waals surface area contributed by atoms with Crippen molar-refractivity contribution >= 4 is 17.9 Å². The van der Waals surface area contributed by atoms with E-state index in [1.807, 2.05) is 44.2 Å². The van der Waals surface area contributed by atoms with Gasteiger partial charge in [0.05, 0.1) is 11.1 Å². The van der Waals surface area contributed by atoms with E-state index in [0.29, 0.717) is 17.9 Å². The summed E-state index contributed by atoms with van der Waals surface area (Å²) >= 11 is 0. The average molecular weight is 420 g/mol. The highest BCUT2D eigenvalue weighted by Crippen LogP contribution is 2.38. The number of allylic oxidation sites excluding steroid dienone is 1. The van der Waals surface area contributed by atoms with Crippen LogP contribution in [0.2, 0.25) is 0 Å². The number of rotatable bonds is 7. The van der Waals surface area contributed by atoms with Gasteiger partial charge >= 0.3 is 0 Å².